The maximum atomic E-state index is 12.8. The smallest absolute Gasteiger partial charge is 0.306 e. The highest BCUT2D eigenvalue weighted by Gasteiger charge is 2.19. The zero-order valence-corrected chi connectivity index (χ0v) is 42.0. The van der Waals surface area contributed by atoms with Gasteiger partial charge < -0.3 is 14.2 Å². The standard InChI is InChI=1S/C59H96O6/c1-4-7-10-13-16-19-22-25-27-28-29-30-32-34-37-40-43-46-49-52-58(61)64-55-56(54-63-57(60)51-48-45-42-39-36-33-24-21-18-15-12-9-6-3)65-59(62)53-50-47-44-41-38-35-31-26-23-20-17-14-11-8-5-2/h8-9,11-12,17-18,20-21,25-27,31,33,36,38,41-42,45,56H,4-7,10,13-16,19,22-24,28-30,32,34-35,37,39-40,43-44,46-55H2,1-3H3/b11-8-,12-9-,20-17-,21-18-,27-25-,31-26-,36-33-,41-38-,45-42-. The topological polar surface area (TPSA) is 78.9 Å². The van der Waals surface area contributed by atoms with Gasteiger partial charge in [-0.25, -0.2) is 0 Å². The van der Waals surface area contributed by atoms with Crippen molar-refractivity contribution >= 4 is 17.9 Å². The molecule has 0 rings (SSSR count). The second-order valence-electron chi connectivity index (χ2n) is 17.0. The minimum atomic E-state index is -0.830. The van der Waals surface area contributed by atoms with Crippen LogP contribution in [-0.2, 0) is 28.6 Å². The molecule has 0 aliphatic carbocycles. The van der Waals surface area contributed by atoms with Crippen molar-refractivity contribution in [2.45, 2.75) is 232 Å². The molecule has 368 valence electrons. The Balaban J connectivity index is 4.50. The second-order valence-corrected chi connectivity index (χ2v) is 17.0. The number of unbranched alkanes of at least 4 members (excludes halogenated alkanes) is 17. The molecule has 1 unspecified atom stereocenters. The van der Waals surface area contributed by atoms with Gasteiger partial charge in [-0.3, -0.25) is 14.4 Å². The Bertz CT molecular complexity index is 1360. The highest BCUT2D eigenvalue weighted by Crippen LogP contribution is 2.14. The van der Waals surface area contributed by atoms with Crippen molar-refractivity contribution < 1.29 is 28.6 Å². The van der Waals surface area contributed by atoms with E-state index in [1.807, 2.05) is 12.2 Å². The quantitative estimate of drug-likeness (QED) is 0.0262. The van der Waals surface area contributed by atoms with Crippen LogP contribution in [0.5, 0.6) is 0 Å². The van der Waals surface area contributed by atoms with Crippen LogP contribution in [0.15, 0.2) is 109 Å². The van der Waals surface area contributed by atoms with Crippen molar-refractivity contribution in [3.63, 3.8) is 0 Å². The van der Waals surface area contributed by atoms with Gasteiger partial charge in [0.05, 0.1) is 0 Å². The van der Waals surface area contributed by atoms with Gasteiger partial charge in [0, 0.05) is 19.3 Å². The van der Waals surface area contributed by atoms with Crippen LogP contribution in [0.2, 0.25) is 0 Å². The maximum Gasteiger partial charge on any atom is 0.306 e. The normalized spacial score (nSPS) is 13.0. The average Bonchev–Trinajstić information content (AvgIpc) is 3.30. The Morgan fingerprint density at radius 1 is 0.323 bits per heavy atom. The fourth-order valence-electron chi connectivity index (χ4n) is 6.85. The maximum absolute atomic E-state index is 12.8. The second kappa shape index (κ2) is 52.7. The summed E-state index contributed by atoms with van der Waals surface area (Å²) in [4.78, 5) is 38.0. The number of hydrogen-bond donors (Lipinski definition) is 0. The first-order valence-electron chi connectivity index (χ1n) is 26.4. The SMILES string of the molecule is CC/C=C\C/C=C\C/C=C\C/C=C\CCCCC(=O)OC(COC(=O)CC/C=C\C/C=C\C/C=C\C/C=C\CC)COC(=O)CCCCCCCCCCC/C=C\CCCCCCCC. The van der Waals surface area contributed by atoms with E-state index in [1.54, 1.807) is 0 Å². The van der Waals surface area contributed by atoms with Crippen LogP contribution in [-0.4, -0.2) is 37.2 Å². The first-order valence-corrected chi connectivity index (χ1v) is 26.4. The predicted molar refractivity (Wildman–Crippen MR) is 279 cm³/mol. The zero-order chi connectivity index (χ0) is 47.2. The lowest BCUT2D eigenvalue weighted by Crippen LogP contribution is -2.30. The molecule has 6 nitrogen and oxygen atoms in total. The van der Waals surface area contributed by atoms with Crippen LogP contribution in [0.25, 0.3) is 0 Å². The summed E-state index contributed by atoms with van der Waals surface area (Å²) in [6.45, 7) is 6.29. The van der Waals surface area contributed by atoms with E-state index in [-0.39, 0.29) is 44.0 Å². The number of rotatable bonds is 46. The summed E-state index contributed by atoms with van der Waals surface area (Å²) in [5, 5.41) is 0. The van der Waals surface area contributed by atoms with E-state index in [1.165, 1.54) is 89.9 Å². The number of allylic oxidation sites excluding steroid dienone is 18. The summed E-state index contributed by atoms with van der Waals surface area (Å²) >= 11 is 0. The first kappa shape index (κ1) is 61.1. The van der Waals surface area contributed by atoms with E-state index < -0.39 is 6.10 Å². The molecule has 0 aromatic heterocycles. The summed E-state index contributed by atoms with van der Waals surface area (Å²) < 4.78 is 16.7. The highest BCUT2D eigenvalue weighted by atomic mass is 16.6. The third-order valence-corrected chi connectivity index (χ3v) is 10.8. The Morgan fingerprint density at radius 2 is 0.631 bits per heavy atom. The van der Waals surface area contributed by atoms with Crippen molar-refractivity contribution in [2.75, 3.05) is 13.2 Å². The molecule has 0 heterocycles. The molecular formula is C59H96O6. The fourth-order valence-corrected chi connectivity index (χ4v) is 6.85. The monoisotopic (exact) mass is 901 g/mol. The molecule has 6 heteroatoms. The molecular weight excluding hydrogens is 805 g/mol. The molecule has 0 saturated carbocycles. The lowest BCUT2D eigenvalue weighted by molar-refractivity contribution is -0.166. The number of hydrogen-bond acceptors (Lipinski definition) is 6. The Morgan fingerprint density at radius 3 is 1.08 bits per heavy atom. The lowest BCUT2D eigenvalue weighted by Gasteiger charge is -2.18. The number of carbonyl (C=O) groups excluding carboxylic acids is 3. The van der Waals surface area contributed by atoms with E-state index in [0.29, 0.717) is 19.3 Å². The van der Waals surface area contributed by atoms with Gasteiger partial charge in [0.2, 0.25) is 0 Å². The largest absolute Gasteiger partial charge is 0.462 e. The van der Waals surface area contributed by atoms with E-state index in [2.05, 4.69) is 118 Å². The van der Waals surface area contributed by atoms with Gasteiger partial charge in [0.15, 0.2) is 6.10 Å². The first-order chi connectivity index (χ1) is 32.0. The van der Waals surface area contributed by atoms with Crippen LogP contribution < -0.4 is 0 Å². The van der Waals surface area contributed by atoms with E-state index in [0.717, 1.165) is 83.5 Å². The molecule has 0 saturated heterocycles. The van der Waals surface area contributed by atoms with Crippen LogP contribution in [0.3, 0.4) is 0 Å². The third-order valence-electron chi connectivity index (χ3n) is 10.8. The molecule has 0 fully saturated rings. The molecule has 0 aromatic carbocycles. The van der Waals surface area contributed by atoms with Crippen LogP contribution in [0.1, 0.15) is 226 Å². The molecule has 0 N–H and O–H groups in total. The Labute approximate surface area is 400 Å². The van der Waals surface area contributed by atoms with Crippen molar-refractivity contribution in [1.82, 2.24) is 0 Å². The summed E-state index contributed by atoms with van der Waals surface area (Å²) in [6, 6.07) is 0. The number of esters is 3. The van der Waals surface area contributed by atoms with E-state index in [4.69, 9.17) is 14.2 Å². The fraction of sp³-hybridized carbons (Fsp3) is 0.644. The van der Waals surface area contributed by atoms with Crippen molar-refractivity contribution in [2.24, 2.45) is 0 Å². The summed E-state index contributed by atoms with van der Waals surface area (Å²) in [6.07, 6.45) is 70.9. The van der Waals surface area contributed by atoms with Crippen molar-refractivity contribution in [1.29, 1.82) is 0 Å². The van der Waals surface area contributed by atoms with Gasteiger partial charge in [0.1, 0.15) is 13.2 Å². The van der Waals surface area contributed by atoms with E-state index in [9.17, 15) is 14.4 Å². The Hall–Kier alpha value is -3.93. The van der Waals surface area contributed by atoms with Crippen LogP contribution >= 0.6 is 0 Å². The van der Waals surface area contributed by atoms with Gasteiger partial charge in [0.25, 0.3) is 0 Å². The highest BCUT2D eigenvalue weighted by molar-refractivity contribution is 5.71. The lowest BCUT2D eigenvalue weighted by atomic mass is 10.1. The molecule has 0 aliphatic rings. The molecule has 65 heavy (non-hydrogen) atoms. The van der Waals surface area contributed by atoms with Crippen molar-refractivity contribution in [3.05, 3.63) is 109 Å². The van der Waals surface area contributed by atoms with Gasteiger partial charge in [-0.1, -0.05) is 207 Å². The van der Waals surface area contributed by atoms with Gasteiger partial charge in [-0.05, 0) is 109 Å². The summed E-state index contributed by atoms with van der Waals surface area (Å²) in [7, 11) is 0. The molecule has 0 aliphatic heterocycles. The molecule has 0 amide bonds. The minimum Gasteiger partial charge on any atom is -0.462 e. The minimum absolute atomic E-state index is 0.119. The third kappa shape index (κ3) is 50.9. The summed E-state index contributed by atoms with van der Waals surface area (Å²) in [5.41, 5.74) is 0. The Kier molecular flexibility index (Phi) is 49.5. The summed E-state index contributed by atoms with van der Waals surface area (Å²) in [5.74, 6) is -1.05. The van der Waals surface area contributed by atoms with Gasteiger partial charge in [-0.15, -0.1) is 0 Å². The van der Waals surface area contributed by atoms with Crippen LogP contribution in [0.4, 0.5) is 0 Å². The molecule has 1 atom stereocenters. The molecule has 0 aromatic rings. The number of ether oxygens (including phenoxy) is 3. The average molecular weight is 901 g/mol. The molecule has 0 spiro atoms. The van der Waals surface area contributed by atoms with Gasteiger partial charge in [-0.2, -0.15) is 0 Å². The zero-order valence-electron chi connectivity index (χ0n) is 42.0. The van der Waals surface area contributed by atoms with E-state index >= 15 is 0 Å². The van der Waals surface area contributed by atoms with Gasteiger partial charge >= 0.3 is 17.9 Å². The predicted octanol–water partition coefficient (Wildman–Crippen LogP) is 17.5. The van der Waals surface area contributed by atoms with Crippen LogP contribution in [0, 0.1) is 0 Å². The number of carbonyl (C=O) groups is 3. The molecule has 0 bridgehead atoms. The van der Waals surface area contributed by atoms with Crippen molar-refractivity contribution in [3.8, 4) is 0 Å². The molecule has 0 radical (unpaired) electrons.